The Morgan fingerprint density at radius 1 is 1.50 bits per heavy atom. The van der Waals surface area contributed by atoms with Crippen LogP contribution in [0, 0.1) is 0 Å². The first-order valence-electron chi connectivity index (χ1n) is 4.82. The maximum atomic E-state index is 11.6. The highest BCUT2D eigenvalue weighted by Gasteiger charge is 2.12. The van der Waals surface area contributed by atoms with Crippen LogP contribution in [-0.2, 0) is 4.74 Å². The molecule has 0 atom stereocenters. The van der Waals surface area contributed by atoms with Crippen molar-refractivity contribution in [1.29, 1.82) is 0 Å². The number of hydrogen-bond acceptors (Lipinski definition) is 4. The second-order valence-corrected chi connectivity index (χ2v) is 4.00. The molecule has 0 fully saturated rings. The summed E-state index contributed by atoms with van der Waals surface area (Å²) in [4.78, 5) is 15.6. The van der Waals surface area contributed by atoms with Gasteiger partial charge in [-0.05, 0) is 31.5 Å². The number of aromatic nitrogens is 1. The second kappa shape index (κ2) is 4.14. The third-order valence-corrected chi connectivity index (χ3v) is 2.11. The molecule has 16 heavy (non-hydrogen) atoms. The van der Waals surface area contributed by atoms with Crippen LogP contribution in [0.5, 0.6) is 0 Å². The molecule has 0 aromatic carbocycles. The number of carbonyl (C=O) groups is 1. The number of rotatable bonds is 2. The first-order chi connectivity index (χ1) is 7.56. The van der Waals surface area contributed by atoms with Crippen LogP contribution in [0.25, 0.3) is 11.1 Å². The summed E-state index contributed by atoms with van der Waals surface area (Å²) in [5.74, 6) is -0.401. The number of fused-ring (bicyclic) bond motifs is 1. The number of nitrogens with zero attached hydrogens (tertiary/aromatic N) is 1. The van der Waals surface area contributed by atoms with Crippen molar-refractivity contribution in [3.05, 3.63) is 29.1 Å². The summed E-state index contributed by atoms with van der Waals surface area (Å²) in [5, 5.41) is 0.931. The van der Waals surface area contributed by atoms with Gasteiger partial charge in [-0.2, -0.15) is 0 Å². The molecule has 0 spiro atoms. The first kappa shape index (κ1) is 11.0. The quantitative estimate of drug-likeness (QED) is 0.756. The van der Waals surface area contributed by atoms with Crippen molar-refractivity contribution in [3.8, 4) is 0 Å². The van der Waals surface area contributed by atoms with Crippen LogP contribution < -0.4 is 0 Å². The number of pyridine rings is 1. The summed E-state index contributed by atoms with van der Waals surface area (Å²) in [6, 6.07) is 3.25. The van der Waals surface area contributed by atoms with E-state index in [0.29, 0.717) is 16.7 Å². The molecule has 0 unspecified atom stereocenters. The lowest BCUT2D eigenvalue weighted by Gasteiger charge is -2.06. The lowest BCUT2D eigenvalue weighted by Crippen LogP contribution is -2.11. The molecule has 5 heteroatoms. The van der Waals surface area contributed by atoms with Gasteiger partial charge in [0, 0.05) is 17.6 Å². The van der Waals surface area contributed by atoms with Gasteiger partial charge in [0.15, 0.2) is 5.22 Å². The molecule has 0 saturated carbocycles. The number of ether oxygens (including phenoxy) is 1. The van der Waals surface area contributed by atoms with Gasteiger partial charge in [0.1, 0.15) is 0 Å². The molecule has 0 amide bonds. The average molecular weight is 240 g/mol. The number of esters is 1. The molecule has 2 aromatic rings. The van der Waals surface area contributed by atoms with E-state index in [-0.39, 0.29) is 11.3 Å². The van der Waals surface area contributed by atoms with Gasteiger partial charge in [-0.3, -0.25) is 0 Å². The van der Waals surface area contributed by atoms with Gasteiger partial charge in [0.2, 0.25) is 5.71 Å². The normalized spacial score (nSPS) is 11.0. The zero-order chi connectivity index (χ0) is 11.7. The molecule has 2 rings (SSSR count). The minimum atomic E-state index is -0.401. The van der Waals surface area contributed by atoms with Gasteiger partial charge in [-0.25, -0.2) is 9.78 Å². The van der Waals surface area contributed by atoms with Gasteiger partial charge in [-0.15, -0.1) is 0 Å². The highest BCUT2D eigenvalue weighted by molar-refractivity contribution is 6.29. The molecule has 0 N–H and O–H groups in total. The van der Waals surface area contributed by atoms with Crippen LogP contribution in [0.4, 0.5) is 0 Å². The molecule has 2 aromatic heterocycles. The minimum absolute atomic E-state index is 0.156. The lowest BCUT2D eigenvalue weighted by atomic mass is 10.2. The lowest BCUT2D eigenvalue weighted by molar-refractivity contribution is 0.0377. The largest absolute Gasteiger partial charge is 0.459 e. The van der Waals surface area contributed by atoms with E-state index < -0.39 is 5.97 Å². The zero-order valence-corrected chi connectivity index (χ0v) is 9.62. The topological polar surface area (TPSA) is 52.3 Å². The van der Waals surface area contributed by atoms with Crippen molar-refractivity contribution in [1.82, 2.24) is 4.98 Å². The summed E-state index contributed by atoms with van der Waals surface area (Å²) < 4.78 is 10.1. The molecule has 2 heterocycles. The summed E-state index contributed by atoms with van der Waals surface area (Å²) in [6.45, 7) is 3.58. The molecule has 0 aliphatic heterocycles. The predicted molar refractivity (Wildman–Crippen MR) is 59.6 cm³/mol. The Morgan fingerprint density at radius 3 is 2.94 bits per heavy atom. The Bertz CT molecular complexity index is 533. The van der Waals surface area contributed by atoms with Crippen LogP contribution >= 0.6 is 11.6 Å². The summed E-state index contributed by atoms with van der Waals surface area (Å²) in [7, 11) is 0. The Labute approximate surface area is 97.2 Å². The van der Waals surface area contributed by atoms with Crippen LogP contribution in [0.3, 0.4) is 0 Å². The van der Waals surface area contributed by atoms with Crippen molar-refractivity contribution in [2.45, 2.75) is 20.0 Å². The monoisotopic (exact) mass is 239 g/mol. The average Bonchev–Trinajstić information content (AvgIpc) is 2.55. The molecule has 0 saturated heterocycles. The van der Waals surface area contributed by atoms with Crippen molar-refractivity contribution in [2.75, 3.05) is 0 Å². The standard InChI is InChI=1S/C11H10ClNO3/c1-6(2)15-11(14)8-3-7-4-9(12)16-10(7)13-5-8/h3-6H,1-2H3. The van der Waals surface area contributed by atoms with E-state index in [1.807, 2.05) is 0 Å². The molecule has 4 nitrogen and oxygen atoms in total. The highest BCUT2D eigenvalue weighted by Crippen LogP contribution is 2.22. The van der Waals surface area contributed by atoms with Crippen molar-refractivity contribution < 1.29 is 13.9 Å². The fraction of sp³-hybridized carbons (Fsp3) is 0.273. The van der Waals surface area contributed by atoms with Crippen molar-refractivity contribution in [2.24, 2.45) is 0 Å². The van der Waals surface area contributed by atoms with Crippen LogP contribution in [0.2, 0.25) is 5.22 Å². The van der Waals surface area contributed by atoms with E-state index in [2.05, 4.69) is 4.98 Å². The summed E-state index contributed by atoms with van der Waals surface area (Å²) in [6.07, 6.45) is 1.25. The maximum absolute atomic E-state index is 11.6. The van der Waals surface area contributed by atoms with Crippen LogP contribution in [-0.4, -0.2) is 17.1 Å². The second-order valence-electron chi connectivity index (χ2n) is 3.62. The molecule has 0 aliphatic rings. The number of furan rings is 1. The first-order valence-corrected chi connectivity index (χ1v) is 5.20. The molecule has 0 aliphatic carbocycles. The Kier molecular flexibility index (Phi) is 2.83. The van der Waals surface area contributed by atoms with E-state index in [1.165, 1.54) is 6.20 Å². The third kappa shape index (κ3) is 2.17. The maximum Gasteiger partial charge on any atom is 0.339 e. The van der Waals surface area contributed by atoms with E-state index in [0.717, 1.165) is 0 Å². The molecule has 0 radical (unpaired) electrons. The fourth-order valence-electron chi connectivity index (χ4n) is 1.30. The van der Waals surface area contributed by atoms with Gasteiger partial charge < -0.3 is 9.15 Å². The zero-order valence-electron chi connectivity index (χ0n) is 8.86. The Hall–Kier alpha value is -1.55. The molecule has 84 valence electrons. The molecule has 0 bridgehead atoms. The van der Waals surface area contributed by atoms with Gasteiger partial charge >= 0.3 is 5.97 Å². The van der Waals surface area contributed by atoms with E-state index in [4.69, 9.17) is 20.8 Å². The Morgan fingerprint density at radius 2 is 2.25 bits per heavy atom. The van der Waals surface area contributed by atoms with Crippen molar-refractivity contribution in [3.63, 3.8) is 0 Å². The van der Waals surface area contributed by atoms with Gasteiger partial charge in [0.05, 0.1) is 11.7 Å². The molecular weight excluding hydrogens is 230 g/mol. The van der Waals surface area contributed by atoms with Gasteiger partial charge in [0.25, 0.3) is 0 Å². The van der Waals surface area contributed by atoms with Crippen LogP contribution in [0.1, 0.15) is 24.2 Å². The smallest absolute Gasteiger partial charge is 0.339 e. The third-order valence-electron chi connectivity index (χ3n) is 1.92. The Balaban J connectivity index is 2.35. The van der Waals surface area contributed by atoms with E-state index in [1.54, 1.807) is 26.0 Å². The highest BCUT2D eigenvalue weighted by atomic mass is 35.5. The fourth-order valence-corrected chi connectivity index (χ4v) is 1.49. The SMILES string of the molecule is CC(C)OC(=O)c1cnc2oc(Cl)cc2c1. The number of carbonyl (C=O) groups excluding carboxylic acids is 1. The molecular formula is C11H10ClNO3. The van der Waals surface area contributed by atoms with E-state index in [9.17, 15) is 4.79 Å². The van der Waals surface area contributed by atoms with Gasteiger partial charge in [-0.1, -0.05) is 0 Å². The van der Waals surface area contributed by atoms with Crippen molar-refractivity contribution >= 4 is 28.7 Å². The van der Waals surface area contributed by atoms with Crippen LogP contribution in [0.15, 0.2) is 22.7 Å². The van der Waals surface area contributed by atoms with E-state index >= 15 is 0 Å². The number of halogens is 1. The predicted octanol–water partition coefficient (Wildman–Crippen LogP) is 3.05. The minimum Gasteiger partial charge on any atom is -0.459 e. The summed E-state index contributed by atoms with van der Waals surface area (Å²) in [5.41, 5.74) is 0.796. The summed E-state index contributed by atoms with van der Waals surface area (Å²) >= 11 is 5.68. The number of hydrogen-bond donors (Lipinski definition) is 0.